The molecule has 0 bridgehead atoms. The minimum Gasteiger partial charge on any atom is -0.496 e. The summed E-state index contributed by atoms with van der Waals surface area (Å²) in [5.41, 5.74) is 0.741. The molecule has 0 radical (unpaired) electrons. The van der Waals surface area contributed by atoms with E-state index in [9.17, 15) is 14.4 Å². The number of β-lactam (4-membered cyclic amide) rings is 1. The second-order valence-corrected chi connectivity index (χ2v) is 9.59. The quantitative estimate of drug-likeness (QED) is 0.311. The van der Waals surface area contributed by atoms with Crippen LogP contribution in [0.2, 0.25) is 5.02 Å². The fourth-order valence-electron chi connectivity index (χ4n) is 5.26. The maximum Gasteiger partial charge on any atom is 0.302 e. The van der Waals surface area contributed by atoms with Crippen molar-refractivity contribution in [2.45, 2.75) is 18.6 Å². The van der Waals surface area contributed by atoms with Gasteiger partial charge in [-0.15, -0.1) is 0 Å². The van der Waals surface area contributed by atoms with Gasteiger partial charge in [-0.1, -0.05) is 41.9 Å². The fraction of sp³-hybridized carbons (Fsp3) is 0.276. The Labute approximate surface area is 230 Å². The molecule has 0 unspecified atom stereocenters. The maximum atomic E-state index is 13.8. The number of hydrogen-bond acceptors (Lipinski definition) is 7. The second-order valence-electron chi connectivity index (χ2n) is 9.15. The van der Waals surface area contributed by atoms with Crippen LogP contribution < -0.4 is 19.1 Å². The Kier molecular flexibility index (Phi) is 7.10. The van der Waals surface area contributed by atoms with E-state index in [0.29, 0.717) is 33.5 Å². The van der Waals surface area contributed by atoms with Crippen molar-refractivity contribution in [2.24, 2.45) is 0 Å². The minimum absolute atomic E-state index is 0.00104. The van der Waals surface area contributed by atoms with Crippen molar-refractivity contribution in [1.29, 1.82) is 0 Å². The van der Waals surface area contributed by atoms with Crippen LogP contribution in [0.25, 0.3) is 0 Å². The fourth-order valence-corrected chi connectivity index (χ4v) is 5.44. The SMILES string of the molecule is COc1cc(OC)cc(O[C@@H]2C(=O)N3CC(=O)N(CCOC(C)=O)c4ccc(Cl)cc4[C@@]23c2ccccc2)c1. The van der Waals surface area contributed by atoms with Crippen LogP contribution in [0, 0.1) is 0 Å². The lowest BCUT2D eigenvalue weighted by Gasteiger charge is -2.56. The van der Waals surface area contributed by atoms with E-state index in [0.717, 1.165) is 5.56 Å². The first-order chi connectivity index (χ1) is 18.8. The molecular formula is C29H27ClN2O7. The first kappa shape index (κ1) is 26.4. The van der Waals surface area contributed by atoms with E-state index in [4.69, 9.17) is 30.5 Å². The van der Waals surface area contributed by atoms with Crippen molar-refractivity contribution >= 4 is 35.1 Å². The van der Waals surface area contributed by atoms with Crippen molar-refractivity contribution in [1.82, 2.24) is 4.90 Å². The molecule has 10 heteroatoms. The Balaban J connectivity index is 1.68. The van der Waals surface area contributed by atoms with Gasteiger partial charge in [0.2, 0.25) is 12.0 Å². The smallest absolute Gasteiger partial charge is 0.302 e. The number of carbonyl (C=O) groups is 3. The molecule has 2 atom stereocenters. The van der Waals surface area contributed by atoms with E-state index >= 15 is 0 Å². The number of amides is 2. The monoisotopic (exact) mass is 550 g/mol. The topological polar surface area (TPSA) is 94.6 Å². The van der Waals surface area contributed by atoms with Gasteiger partial charge in [0, 0.05) is 41.4 Å². The largest absolute Gasteiger partial charge is 0.496 e. The second kappa shape index (κ2) is 10.5. The summed E-state index contributed by atoms with van der Waals surface area (Å²) >= 11 is 6.52. The molecule has 2 heterocycles. The summed E-state index contributed by atoms with van der Waals surface area (Å²) in [6.45, 7) is 1.21. The van der Waals surface area contributed by atoms with Crippen LogP contribution in [0.4, 0.5) is 5.69 Å². The molecule has 202 valence electrons. The highest BCUT2D eigenvalue weighted by atomic mass is 35.5. The van der Waals surface area contributed by atoms with Crippen LogP contribution in [-0.4, -0.2) is 62.7 Å². The normalized spacial score (nSPS) is 19.8. The third-order valence-corrected chi connectivity index (χ3v) is 7.20. The summed E-state index contributed by atoms with van der Waals surface area (Å²) in [6.07, 6.45) is -1.03. The van der Waals surface area contributed by atoms with Gasteiger partial charge in [0.25, 0.3) is 5.91 Å². The van der Waals surface area contributed by atoms with Crippen LogP contribution in [0.15, 0.2) is 66.7 Å². The van der Waals surface area contributed by atoms with Crippen molar-refractivity contribution in [3.05, 3.63) is 82.9 Å². The summed E-state index contributed by atoms with van der Waals surface area (Å²) in [7, 11) is 3.06. The Morgan fingerprint density at radius 2 is 1.64 bits per heavy atom. The van der Waals surface area contributed by atoms with E-state index in [1.165, 1.54) is 30.9 Å². The molecule has 0 saturated carbocycles. The molecule has 0 spiro atoms. The summed E-state index contributed by atoms with van der Waals surface area (Å²) in [6, 6.07) is 19.6. The van der Waals surface area contributed by atoms with E-state index in [1.54, 1.807) is 36.4 Å². The summed E-state index contributed by atoms with van der Waals surface area (Å²) in [4.78, 5) is 41.8. The molecule has 2 aliphatic heterocycles. The molecule has 0 aliphatic carbocycles. The van der Waals surface area contributed by atoms with Gasteiger partial charge in [0.15, 0.2) is 0 Å². The van der Waals surface area contributed by atoms with Crippen molar-refractivity contribution in [2.75, 3.05) is 38.8 Å². The maximum absolute atomic E-state index is 13.8. The van der Waals surface area contributed by atoms with Gasteiger partial charge in [0.05, 0.1) is 20.8 Å². The number of methoxy groups -OCH3 is 2. The van der Waals surface area contributed by atoms with Crippen molar-refractivity contribution in [3.8, 4) is 17.2 Å². The number of halogens is 1. The van der Waals surface area contributed by atoms with Gasteiger partial charge in [-0.25, -0.2) is 0 Å². The zero-order valence-corrected chi connectivity index (χ0v) is 22.4. The van der Waals surface area contributed by atoms with Crippen LogP contribution in [-0.2, 0) is 24.7 Å². The number of rotatable bonds is 8. The number of fused-ring (bicyclic) bond motifs is 3. The third kappa shape index (κ3) is 4.52. The summed E-state index contributed by atoms with van der Waals surface area (Å²) in [5, 5.41) is 0.430. The average molecular weight is 551 g/mol. The number of anilines is 1. The number of benzene rings is 3. The van der Waals surface area contributed by atoms with Gasteiger partial charge in [0.1, 0.15) is 35.9 Å². The summed E-state index contributed by atoms with van der Waals surface area (Å²) < 4.78 is 22.3. The molecule has 2 amide bonds. The van der Waals surface area contributed by atoms with Crippen molar-refractivity contribution < 1.29 is 33.3 Å². The standard InChI is InChI=1S/C29H27ClN2O7/c1-18(33)38-12-11-31-25-10-9-20(30)13-24(25)29(19-7-5-4-6-8-19)27(28(35)32(29)17-26(31)34)39-23-15-21(36-2)14-22(16-23)37-3/h4-10,13-16,27H,11-12,17H2,1-3H3/t27-,29+/m1/s1. The van der Waals surface area contributed by atoms with Crippen LogP contribution >= 0.6 is 11.6 Å². The molecule has 2 aliphatic rings. The zero-order valence-electron chi connectivity index (χ0n) is 21.7. The van der Waals surface area contributed by atoms with Gasteiger partial charge in [-0.2, -0.15) is 0 Å². The van der Waals surface area contributed by atoms with E-state index in [-0.39, 0.29) is 31.5 Å². The predicted octanol–water partition coefficient (Wildman–Crippen LogP) is 3.80. The van der Waals surface area contributed by atoms with Gasteiger partial charge >= 0.3 is 5.97 Å². The molecule has 1 fully saturated rings. The molecule has 0 aromatic heterocycles. The van der Waals surface area contributed by atoms with Crippen LogP contribution in [0.3, 0.4) is 0 Å². The highest BCUT2D eigenvalue weighted by molar-refractivity contribution is 6.30. The number of ether oxygens (including phenoxy) is 4. The van der Waals surface area contributed by atoms with Gasteiger partial charge in [-0.05, 0) is 23.8 Å². The highest BCUT2D eigenvalue weighted by Gasteiger charge is 2.66. The molecule has 3 aromatic carbocycles. The number of esters is 1. The van der Waals surface area contributed by atoms with Crippen LogP contribution in [0.1, 0.15) is 18.1 Å². The molecule has 39 heavy (non-hydrogen) atoms. The Morgan fingerprint density at radius 1 is 0.974 bits per heavy atom. The van der Waals surface area contributed by atoms with Crippen LogP contribution in [0.5, 0.6) is 17.2 Å². The first-order valence-corrected chi connectivity index (χ1v) is 12.7. The van der Waals surface area contributed by atoms with E-state index in [2.05, 4.69) is 0 Å². The number of carbonyl (C=O) groups excluding carboxylic acids is 3. The Bertz CT molecular complexity index is 1410. The zero-order chi connectivity index (χ0) is 27.7. The highest BCUT2D eigenvalue weighted by Crippen LogP contribution is 2.53. The molecule has 3 aromatic rings. The lowest BCUT2D eigenvalue weighted by atomic mass is 9.69. The van der Waals surface area contributed by atoms with Crippen molar-refractivity contribution in [3.63, 3.8) is 0 Å². The molecule has 0 N–H and O–H groups in total. The first-order valence-electron chi connectivity index (χ1n) is 12.3. The number of nitrogens with zero attached hydrogens (tertiary/aromatic N) is 2. The Morgan fingerprint density at radius 3 is 2.28 bits per heavy atom. The van der Waals surface area contributed by atoms with Gasteiger partial charge < -0.3 is 28.7 Å². The van der Waals surface area contributed by atoms with Gasteiger partial charge in [-0.3, -0.25) is 14.4 Å². The Hall–Kier alpha value is -4.24. The molecule has 9 nitrogen and oxygen atoms in total. The molecular weight excluding hydrogens is 524 g/mol. The third-order valence-electron chi connectivity index (χ3n) is 6.96. The number of hydrogen-bond donors (Lipinski definition) is 0. The van der Waals surface area contributed by atoms with E-state index in [1.807, 2.05) is 30.3 Å². The molecule has 1 saturated heterocycles. The van der Waals surface area contributed by atoms with E-state index < -0.39 is 17.6 Å². The minimum atomic E-state index is -1.18. The predicted molar refractivity (Wildman–Crippen MR) is 143 cm³/mol. The average Bonchev–Trinajstić information content (AvgIpc) is 3.03. The molecule has 5 rings (SSSR count). The lowest BCUT2D eigenvalue weighted by Crippen LogP contribution is -2.74. The summed E-state index contributed by atoms with van der Waals surface area (Å²) in [5.74, 6) is 0.233. The lowest BCUT2D eigenvalue weighted by molar-refractivity contribution is -0.177.